The monoisotopic (exact) mass is 368 g/mol. The Kier molecular flexibility index (Phi) is 6.44. The topological polar surface area (TPSA) is 67.9 Å². The average molecular weight is 368 g/mol. The third-order valence-electron chi connectivity index (χ3n) is 4.38. The molecule has 6 nitrogen and oxygen atoms in total. The first-order chi connectivity index (χ1) is 13.2. The number of para-hydroxylation sites is 1. The molecule has 0 radical (unpaired) electrons. The number of benzene rings is 2. The molecule has 0 aliphatic carbocycles. The van der Waals surface area contributed by atoms with Gasteiger partial charge in [0.25, 0.3) is 11.8 Å². The quantitative estimate of drug-likeness (QED) is 0.851. The van der Waals surface area contributed by atoms with Crippen molar-refractivity contribution in [3.05, 3.63) is 60.2 Å². The molecule has 0 bridgehead atoms. The maximum absolute atomic E-state index is 12.5. The van der Waals surface area contributed by atoms with E-state index in [2.05, 4.69) is 5.32 Å². The van der Waals surface area contributed by atoms with Crippen LogP contribution in [0, 0.1) is 0 Å². The van der Waals surface area contributed by atoms with Crippen LogP contribution in [0.15, 0.2) is 54.6 Å². The third kappa shape index (κ3) is 5.08. The second kappa shape index (κ2) is 9.19. The van der Waals surface area contributed by atoms with Gasteiger partial charge in [-0.1, -0.05) is 25.1 Å². The lowest BCUT2D eigenvalue weighted by atomic mass is 10.1. The van der Waals surface area contributed by atoms with Crippen molar-refractivity contribution < 1.29 is 19.1 Å². The molecule has 0 aromatic heterocycles. The van der Waals surface area contributed by atoms with E-state index in [1.165, 1.54) is 0 Å². The molecule has 2 amide bonds. The Balaban J connectivity index is 1.59. The van der Waals surface area contributed by atoms with E-state index in [1.54, 1.807) is 29.2 Å². The van der Waals surface area contributed by atoms with Crippen LogP contribution in [0.3, 0.4) is 0 Å². The molecule has 2 aromatic carbocycles. The Morgan fingerprint density at radius 2 is 1.74 bits per heavy atom. The molecule has 1 saturated heterocycles. The van der Waals surface area contributed by atoms with Crippen molar-refractivity contribution in [2.75, 3.05) is 31.6 Å². The number of morpholine rings is 1. The number of hydrogen-bond donors (Lipinski definition) is 1. The fraction of sp³-hybridized carbons (Fsp3) is 0.333. The van der Waals surface area contributed by atoms with Gasteiger partial charge in [0.1, 0.15) is 5.75 Å². The predicted molar refractivity (Wildman–Crippen MR) is 103 cm³/mol. The van der Waals surface area contributed by atoms with Gasteiger partial charge in [0.2, 0.25) is 0 Å². The summed E-state index contributed by atoms with van der Waals surface area (Å²) in [6, 6.07) is 16.2. The lowest BCUT2D eigenvalue weighted by Gasteiger charge is -2.26. The minimum absolute atomic E-state index is 0.0185. The Labute approximate surface area is 159 Å². The number of carbonyl (C=O) groups is 2. The number of nitrogens with zero attached hydrogens (tertiary/aromatic N) is 1. The molecular formula is C21H24N2O4. The minimum atomic E-state index is -0.581. The molecule has 2 aromatic rings. The fourth-order valence-electron chi connectivity index (χ4n) is 2.85. The molecule has 1 fully saturated rings. The summed E-state index contributed by atoms with van der Waals surface area (Å²) in [5, 5.41) is 2.85. The van der Waals surface area contributed by atoms with Crippen LogP contribution in [0.5, 0.6) is 5.75 Å². The van der Waals surface area contributed by atoms with Crippen LogP contribution < -0.4 is 10.1 Å². The second-order valence-corrected chi connectivity index (χ2v) is 6.30. The predicted octanol–water partition coefficient (Wildman–Crippen LogP) is 2.96. The van der Waals surface area contributed by atoms with Crippen molar-refractivity contribution >= 4 is 17.5 Å². The van der Waals surface area contributed by atoms with Crippen molar-refractivity contribution in [2.45, 2.75) is 19.4 Å². The van der Waals surface area contributed by atoms with Gasteiger partial charge in [0, 0.05) is 24.3 Å². The van der Waals surface area contributed by atoms with Crippen LogP contribution in [-0.2, 0) is 9.53 Å². The highest BCUT2D eigenvalue weighted by atomic mass is 16.5. The first kappa shape index (κ1) is 18.9. The number of hydrogen-bond acceptors (Lipinski definition) is 4. The van der Waals surface area contributed by atoms with Crippen LogP contribution in [0.1, 0.15) is 23.7 Å². The summed E-state index contributed by atoms with van der Waals surface area (Å²) in [6.45, 7) is 4.25. The molecule has 6 heteroatoms. The van der Waals surface area contributed by atoms with Gasteiger partial charge < -0.3 is 19.7 Å². The number of nitrogens with one attached hydrogen (secondary N) is 1. The molecule has 1 atom stereocenters. The van der Waals surface area contributed by atoms with Gasteiger partial charge >= 0.3 is 0 Å². The summed E-state index contributed by atoms with van der Waals surface area (Å²) in [5.74, 6) is 0.426. The van der Waals surface area contributed by atoms with Crippen LogP contribution in [0.2, 0.25) is 0 Å². The Bertz CT molecular complexity index is 756. The molecule has 0 unspecified atom stereocenters. The first-order valence-corrected chi connectivity index (χ1v) is 9.17. The first-order valence-electron chi connectivity index (χ1n) is 9.17. The van der Waals surface area contributed by atoms with Gasteiger partial charge in [-0.3, -0.25) is 9.59 Å². The molecule has 1 aliphatic heterocycles. The molecular weight excluding hydrogens is 344 g/mol. The van der Waals surface area contributed by atoms with E-state index in [1.807, 2.05) is 37.3 Å². The van der Waals surface area contributed by atoms with E-state index >= 15 is 0 Å². The highest BCUT2D eigenvalue weighted by molar-refractivity contribution is 5.97. The minimum Gasteiger partial charge on any atom is -0.481 e. The lowest BCUT2D eigenvalue weighted by molar-refractivity contribution is -0.122. The Morgan fingerprint density at radius 3 is 2.37 bits per heavy atom. The van der Waals surface area contributed by atoms with Gasteiger partial charge in [-0.05, 0) is 42.8 Å². The van der Waals surface area contributed by atoms with Crippen LogP contribution >= 0.6 is 0 Å². The number of ether oxygens (including phenoxy) is 2. The lowest BCUT2D eigenvalue weighted by Crippen LogP contribution is -2.40. The summed E-state index contributed by atoms with van der Waals surface area (Å²) in [7, 11) is 0. The molecule has 0 saturated carbocycles. The van der Waals surface area contributed by atoms with Gasteiger partial charge in [-0.2, -0.15) is 0 Å². The normalized spacial score (nSPS) is 15.1. The van der Waals surface area contributed by atoms with Crippen molar-refractivity contribution in [3.63, 3.8) is 0 Å². The summed E-state index contributed by atoms with van der Waals surface area (Å²) in [5.41, 5.74) is 1.23. The highest BCUT2D eigenvalue weighted by Gasteiger charge is 2.20. The van der Waals surface area contributed by atoms with Gasteiger partial charge in [0.05, 0.1) is 13.2 Å². The van der Waals surface area contributed by atoms with E-state index in [0.717, 1.165) is 0 Å². The molecule has 0 spiro atoms. The summed E-state index contributed by atoms with van der Waals surface area (Å²) in [6.07, 6.45) is -0.0315. The van der Waals surface area contributed by atoms with E-state index in [9.17, 15) is 9.59 Å². The maximum Gasteiger partial charge on any atom is 0.265 e. The van der Waals surface area contributed by atoms with Crippen LogP contribution in [0.4, 0.5) is 5.69 Å². The summed E-state index contributed by atoms with van der Waals surface area (Å²) < 4.78 is 11.0. The number of amides is 2. The second-order valence-electron chi connectivity index (χ2n) is 6.30. The van der Waals surface area contributed by atoms with Crippen LogP contribution in [-0.4, -0.2) is 49.1 Å². The zero-order valence-electron chi connectivity index (χ0n) is 15.4. The van der Waals surface area contributed by atoms with Crippen molar-refractivity contribution in [2.24, 2.45) is 0 Å². The SMILES string of the molecule is CC[C@H](Oc1ccccc1)C(=O)Nc1ccc(C(=O)N2CCOCC2)cc1. The third-order valence-corrected chi connectivity index (χ3v) is 4.38. The van der Waals surface area contributed by atoms with Crippen LogP contribution in [0.25, 0.3) is 0 Å². The molecule has 1 N–H and O–H groups in total. The van der Waals surface area contributed by atoms with Crippen molar-refractivity contribution in [1.82, 2.24) is 4.90 Å². The van der Waals surface area contributed by atoms with E-state index in [-0.39, 0.29) is 11.8 Å². The number of carbonyl (C=O) groups excluding carboxylic acids is 2. The summed E-state index contributed by atoms with van der Waals surface area (Å²) >= 11 is 0. The van der Waals surface area contributed by atoms with E-state index in [4.69, 9.17) is 9.47 Å². The largest absolute Gasteiger partial charge is 0.481 e. The maximum atomic E-state index is 12.5. The fourth-order valence-corrected chi connectivity index (χ4v) is 2.85. The van der Waals surface area contributed by atoms with Gasteiger partial charge in [-0.15, -0.1) is 0 Å². The molecule has 1 aliphatic rings. The van der Waals surface area contributed by atoms with E-state index in [0.29, 0.717) is 49.7 Å². The molecule has 3 rings (SSSR count). The number of rotatable bonds is 6. The van der Waals surface area contributed by atoms with Crippen molar-refractivity contribution in [1.29, 1.82) is 0 Å². The number of anilines is 1. The zero-order chi connectivity index (χ0) is 19.1. The smallest absolute Gasteiger partial charge is 0.265 e. The van der Waals surface area contributed by atoms with Crippen molar-refractivity contribution in [3.8, 4) is 5.75 Å². The molecule has 27 heavy (non-hydrogen) atoms. The highest BCUT2D eigenvalue weighted by Crippen LogP contribution is 2.16. The standard InChI is InChI=1S/C21H24N2O4/c1-2-19(27-18-6-4-3-5-7-18)20(24)22-17-10-8-16(9-11-17)21(25)23-12-14-26-15-13-23/h3-11,19H,2,12-15H2,1H3,(H,22,24)/t19-/m0/s1. The Morgan fingerprint density at radius 1 is 1.07 bits per heavy atom. The molecule has 1 heterocycles. The zero-order valence-corrected chi connectivity index (χ0v) is 15.4. The molecule has 142 valence electrons. The van der Waals surface area contributed by atoms with Gasteiger partial charge in [-0.25, -0.2) is 0 Å². The summed E-state index contributed by atoms with van der Waals surface area (Å²) in [4.78, 5) is 26.7. The Hall–Kier alpha value is -2.86. The van der Waals surface area contributed by atoms with E-state index < -0.39 is 6.10 Å². The average Bonchev–Trinajstić information content (AvgIpc) is 2.73. The van der Waals surface area contributed by atoms with Gasteiger partial charge in [0.15, 0.2) is 6.10 Å².